The van der Waals surface area contributed by atoms with Crippen LogP contribution in [0.3, 0.4) is 0 Å². The summed E-state index contributed by atoms with van der Waals surface area (Å²) < 4.78 is 22.0. The fourth-order valence-electron chi connectivity index (χ4n) is 3.21. The zero-order valence-electron chi connectivity index (χ0n) is 16.6. The number of nitrogens with one attached hydrogen (secondary N) is 1. The summed E-state index contributed by atoms with van der Waals surface area (Å²) in [7, 11) is 0. The molecule has 0 atom stereocenters. The topological polar surface area (TPSA) is 43.3 Å². The number of hydrogen-bond donors (Lipinski definition) is 1. The van der Waals surface area contributed by atoms with Crippen LogP contribution in [0.5, 0.6) is 0 Å². The van der Waals surface area contributed by atoms with Crippen molar-refractivity contribution in [2.45, 2.75) is 46.1 Å². The van der Waals surface area contributed by atoms with Gasteiger partial charge >= 0.3 is 6.09 Å². The number of benzene rings is 2. The highest BCUT2D eigenvalue weighted by Gasteiger charge is 2.23. The molecular weight excluding hydrogens is 470 g/mol. The van der Waals surface area contributed by atoms with Crippen molar-refractivity contribution in [3.8, 4) is 5.69 Å². The van der Waals surface area contributed by atoms with E-state index < -0.39 is 11.7 Å². The van der Waals surface area contributed by atoms with Crippen molar-refractivity contribution in [1.29, 1.82) is 0 Å². The first-order chi connectivity index (χ1) is 13.1. The third kappa shape index (κ3) is 4.16. The van der Waals surface area contributed by atoms with Gasteiger partial charge in [-0.15, -0.1) is 0 Å². The molecular formula is C22H24FIN2O2. The van der Waals surface area contributed by atoms with E-state index in [1.165, 1.54) is 12.1 Å². The Kier molecular flexibility index (Phi) is 5.70. The molecule has 3 rings (SSSR count). The number of anilines is 1. The normalized spacial score (nSPS) is 11.9. The molecule has 1 amide bonds. The molecule has 1 aromatic heterocycles. The van der Waals surface area contributed by atoms with E-state index in [2.05, 4.69) is 46.3 Å². The van der Waals surface area contributed by atoms with E-state index in [4.69, 9.17) is 4.74 Å². The number of aromatic nitrogens is 1. The van der Waals surface area contributed by atoms with E-state index in [1.807, 2.05) is 39.0 Å². The Labute approximate surface area is 178 Å². The first kappa shape index (κ1) is 20.6. The lowest BCUT2D eigenvalue weighted by atomic mass is 10.1. The molecule has 148 valence electrons. The molecule has 0 aliphatic carbocycles. The first-order valence-electron chi connectivity index (χ1n) is 9.17. The molecule has 1 heterocycles. The SMILES string of the molecule is CC(C)c1c(I)c2c(NC(=O)OC(C)(C)C)cccc2n1-c1ccc(F)cc1. The molecule has 0 radical (unpaired) electrons. The predicted molar refractivity (Wildman–Crippen MR) is 120 cm³/mol. The van der Waals surface area contributed by atoms with Gasteiger partial charge < -0.3 is 9.30 Å². The van der Waals surface area contributed by atoms with E-state index in [1.54, 1.807) is 12.1 Å². The zero-order valence-corrected chi connectivity index (χ0v) is 18.8. The van der Waals surface area contributed by atoms with Crippen molar-refractivity contribution >= 4 is 45.3 Å². The molecule has 0 saturated heterocycles. The van der Waals surface area contributed by atoms with Gasteiger partial charge in [0.1, 0.15) is 11.4 Å². The number of ether oxygens (including phenoxy) is 1. The summed E-state index contributed by atoms with van der Waals surface area (Å²) in [6.45, 7) is 9.74. The average molecular weight is 494 g/mol. The third-order valence-electron chi connectivity index (χ3n) is 4.24. The fraction of sp³-hybridized carbons (Fsp3) is 0.318. The summed E-state index contributed by atoms with van der Waals surface area (Å²) in [5.74, 6) is -0.0352. The summed E-state index contributed by atoms with van der Waals surface area (Å²) in [5.41, 5.74) is 3.06. The Morgan fingerprint density at radius 2 is 1.79 bits per heavy atom. The lowest BCUT2D eigenvalue weighted by molar-refractivity contribution is 0.0636. The molecule has 0 spiro atoms. The maximum absolute atomic E-state index is 13.5. The number of fused-ring (bicyclic) bond motifs is 1. The Balaban J connectivity index is 2.18. The maximum atomic E-state index is 13.5. The van der Waals surface area contributed by atoms with Gasteiger partial charge in [-0.3, -0.25) is 5.32 Å². The summed E-state index contributed by atoms with van der Waals surface area (Å²) in [6.07, 6.45) is -0.489. The molecule has 0 unspecified atom stereocenters. The molecule has 0 aliphatic heterocycles. The molecule has 1 N–H and O–H groups in total. The monoisotopic (exact) mass is 494 g/mol. The lowest BCUT2D eigenvalue weighted by Gasteiger charge is -2.20. The number of nitrogens with zero attached hydrogens (tertiary/aromatic N) is 1. The second-order valence-corrected chi connectivity index (χ2v) is 9.07. The minimum absolute atomic E-state index is 0.235. The molecule has 6 heteroatoms. The Hall–Kier alpha value is -2.09. The van der Waals surface area contributed by atoms with Crippen molar-refractivity contribution in [1.82, 2.24) is 4.57 Å². The van der Waals surface area contributed by atoms with E-state index in [0.717, 1.165) is 25.9 Å². The molecule has 0 fully saturated rings. The quantitative estimate of drug-likeness (QED) is 0.405. The van der Waals surface area contributed by atoms with Crippen LogP contribution in [0.1, 0.15) is 46.2 Å². The number of rotatable bonds is 3. The highest BCUT2D eigenvalue weighted by atomic mass is 127. The first-order valence-corrected chi connectivity index (χ1v) is 10.2. The minimum Gasteiger partial charge on any atom is -0.444 e. The van der Waals surface area contributed by atoms with Crippen molar-refractivity contribution < 1.29 is 13.9 Å². The van der Waals surface area contributed by atoms with Crippen molar-refractivity contribution in [2.24, 2.45) is 0 Å². The molecule has 4 nitrogen and oxygen atoms in total. The van der Waals surface area contributed by atoms with Gasteiger partial charge in [-0.25, -0.2) is 9.18 Å². The lowest BCUT2D eigenvalue weighted by Crippen LogP contribution is -2.27. The van der Waals surface area contributed by atoms with Gasteiger partial charge in [0.15, 0.2) is 0 Å². The highest BCUT2D eigenvalue weighted by molar-refractivity contribution is 14.1. The Morgan fingerprint density at radius 1 is 1.14 bits per heavy atom. The van der Waals surface area contributed by atoms with Crippen molar-refractivity contribution in [3.05, 3.63) is 57.5 Å². The standard InChI is InChI=1S/C22H24FIN2O2/c1-13(2)20-19(24)18-16(25-21(27)28-22(3,4)5)7-6-8-17(18)26(20)15-11-9-14(23)10-12-15/h6-13H,1-5H3,(H,25,27). The van der Waals surface area contributed by atoms with E-state index in [-0.39, 0.29) is 11.7 Å². The number of amides is 1. The second kappa shape index (κ2) is 7.73. The largest absolute Gasteiger partial charge is 0.444 e. The maximum Gasteiger partial charge on any atom is 0.412 e. The van der Waals surface area contributed by atoms with Crippen molar-refractivity contribution in [3.63, 3.8) is 0 Å². The summed E-state index contributed by atoms with van der Waals surface area (Å²) >= 11 is 2.32. The van der Waals surface area contributed by atoms with Crippen LogP contribution in [-0.4, -0.2) is 16.3 Å². The number of carbonyl (C=O) groups is 1. The smallest absolute Gasteiger partial charge is 0.412 e. The minimum atomic E-state index is -0.575. The van der Waals surface area contributed by atoms with Gasteiger partial charge in [-0.2, -0.15) is 0 Å². The van der Waals surface area contributed by atoms with E-state index >= 15 is 0 Å². The van der Waals surface area contributed by atoms with Gasteiger partial charge in [0.05, 0.1) is 11.2 Å². The zero-order chi connectivity index (χ0) is 20.6. The van der Waals surface area contributed by atoms with Gasteiger partial charge in [0.25, 0.3) is 0 Å². The van der Waals surface area contributed by atoms with Crippen LogP contribution in [0.15, 0.2) is 42.5 Å². The molecule has 0 bridgehead atoms. The van der Waals surface area contributed by atoms with Gasteiger partial charge in [-0.1, -0.05) is 19.9 Å². The van der Waals surface area contributed by atoms with Crippen LogP contribution >= 0.6 is 22.6 Å². The van der Waals surface area contributed by atoms with E-state index in [9.17, 15) is 9.18 Å². The second-order valence-electron chi connectivity index (χ2n) is 7.99. The summed E-state index contributed by atoms with van der Waals surface area (Å²) in [5, 5.41) is 3.83. The van der Waals surface area contributed by atoms with Gasteiger partial charge in [0.2, 0.25) is 0 Å². The van der Waals surface area contributed by atoms with Crippen LogP contribution in [0.2, 0.25) is 0 Å². The van der Waals surface area contributed by atoms with Gasteiger partial charge in [-0.05, 0) is 85.7 Å². The van der Waals surface area contributed by atoms with Crippen molar-refractivity contribution in [2.75, 3.05) is 5.32 Å². The molecule has 0 aliphatic rings. The molecule has 2 aromatic carbocycles. The summed E-state index contributed by atoms with van der Waals surface area (Å²) in [4.78, 5) is 12.3. The molecule has 3 aromatic rings. The molecule has 0 saturated carbocycles. The Bertz CT molecular complexity index is 1020. The number of halogens is 2. The highest BCUT2D eigenvalue weighted by Crippen LogP contribution is 2.38. The van der Waals surface area contributed by atoms with Crippen LogP contribution in [0, 0.1) is 9.39 Å². The van der Waals surface area contributed by atoms with Crippen LogP contribution < -0.4 is 5.32 Å². The fourth-order valence-corrected chi connectivity index (χ4v) is 4.64. The summed E-state index contributed by atoms with van der Waals surface area (Å²) in [6, 6.07) is 12.2. The van der Waals surface area contributed by atoms with Gasteiger partial charge in [0, 0.05) is 20.3 Å². The number of hydrogen-bond acceptors (Lipinski definition) is 2. The Morgan fingerprint density at radius 3 is 2.36 bits per heavy atom. The van der Waals surface area contributed by atoms with Crippen LogP contribution in [0.25, 0.3) is 16.6 Å². The number of carbonyl (C=O) groups excluding carboxylic acids is 1. The predicted octanol–water partition coefficient (Wildman–Crippen LogP) is 6.84. The molecule has 28 heavy (non-hydrogen) atoms. The third-order valence-corrected chi connectivity index (χ3v) is 5.33. The van der Waals surface area contributed by atoms with Crippen LogP contribution in [0.4, 0.5) is 14.9 Å². The average Bonchev–Trinajstić information content (AvgIpc) is 2.88. The van der Waals surface area contributed by atoms with Crippen LogP contribution in [-0.2, 0) is 4.74 Å². The van der Waals surface area contributed by atoms with E-state index in [0.29, 0.717) is 5.69 Å².